The second kappa shape index (κ2) is 35.9. The Balaban J connectivity index is 0.000000580. The van der Waals surface area contributed by atoms with E-state index in [0.717, 1.165) is 82.1 Å². The molecule has 3 saturated heterocycles. The summed E-state index contributed by atoms with van der Waals surface area (Å²) in [4.78, 5) is 25.8. The van der Waals surface area contributed by atoms with E-state index in [0.29, 0.717) is 37.1 Å². The van der Waals surface area contributed by atoms with E-state index < -0.39 is 38.4 Å². The summed E-state index contributed by atoms with van der Waals surface area (Å²) < 4.78 is 105. The van der Waals surface area contributed by atoms with Gasteiger partial charge >= 0.3 is 44.2 Å². The molecule has 3 fully saturated rings. The van der Waals surface area contributed by atoms with E-state index in [1.54, 1.807) is 37.6 Å². The van der Waals surface area contributed by atoms with Gasteiger partial charge in [0.1, 0.15) is 29.1 Å². The van der Waals surface area contributed by atoms with Crippen LogP contribution in [0.15, 0.2) is 116 Å². The molecule has 0 saturated carbocycles. The van der Waals surface area contributed by atoms with Gasteiger partial charge in [-0.25, -0.2) is 22.0 Å². The number of benzene rings is 5. The first kappa shape index (κ1) is 91.2. The van der Waals surface area contributed by atoms with Gasteiger partial charge in [0.05, 0.1) is 61.8 Å². The Kier molecular flexibility index (Phi) is 33.7. The number of halogens is 10. The summed E-state index contributed by atoms with van der Waals surface area (Å²) in [5.74, 6) is -1.35. The van der Waals surface area contributed by atoms with Gasteiger partial charge in [-0.3, -0.25) is 4.79 Å². The van der Waals surface area contributed by atoms with E-state index in [4.69, 9.17) is 27.9 Å². The molecule has 1 atom stereocenters. The molecule has 3 aliphatic rings. The fraction of sp³-hybridized carbons (Fsp3) is 0.400. The van der Waals surface area contributed by atoms with Crippen molar-refractivity contribution in [3.63, 3.8) is 0 Å². The molecule has 97 heavy (non-hydrogen) atoms. The average Bonchev–Trinajstić information content (AvgIpc) is 1.61. The van der Waals surface area contributed by atoms with Crippen LogP contribution in [0.25, 0.3) is 54.5 Å². The fourth-order valence-electron chi connectivity index (χ4n) is 10.1. The zero-order chi connectivity index (χ0) is 66.4. The van der Waals surface area contributed by atoms with Crippen LogP contribution in [-0.2, 0) is 40.8 Å². The van der Waals surface area contributed by atoms with Crippen molar-refractivity contribution >= 4 is 174 Å². The van der Waals surface area contributed by atoms with Crippen LogP contribution in [0.2, 0.25) is 0 Å². The number of aliphatic hydroxyl groups is 1. The molecule has 526 valence electrons. The molecule has 27 heteroatoms. The number of hydrogen-bond donors (Lipinski definition) is 6. The minimum atomic E-state index is -0.600. The molecule has 3 aliphatic heterocycles. The van der Waals surface area contributed by atoms with Crippen molar-refractivity contribution in [1.29, 1.82) is 0 Å². The van der Waals surface area contributed by atoms with Crippen molar-refractivity contribution in [2.24, 2.45) is 0 Å². The summed E-state index contributed by atoms with van der Waals surface area (Å²) >= 11 is 13.0. The number of rotatable bonds is 6. The Hall–Kier alpha value is -3.80. The van der Waals surface area contributed by atoms with Crippen LogP contribution in [0.3, 0.4) is 0 Å². The van der Waals surface area contributed by atoms with Gasteiger partial charge in [0.15, 0.2) is 6.29 Å². The number of aromatic amines is 5. The van der Waals surface area contributed by atoms with E-state index in [1.807, 2.05) is 102 Å². The molecular formula is C70H92B3Br5F5MgN5O8. The molecule has 13 rings (SSSR count). The molecule has 5 aromatic heterocycles. The van der Waals surface area contributed by atoms with E-state index in [2.05, 4.69) is 102 Å². The van der Waals surface area contributed by atoms with Crippen molar-refractivity contribution in [2.45, 2.75) is 186 Å². The third-order valence-electron chi connectivity index (χ3n) is 17.3. The third-order valence-corrected chi connectivity index (χ3v) is 19.8. The van der Waals surface area contributed by atoms with Crippen LogP contribution in [0.4, 0.5) is 22.0 Å². The van der Waals surface area contributed by atoms with Gasteiger partial charge in [-0.1, -0.05) is 43.6 Å². The number of aldehydes is 1. The first-order valence-corrected chi connectivity index (χ1v) is 32.4. The van der Waals surface area contributed by atoms with Gasteiger partial charge in [-0.2, -0.15) is 0 Å². The number of nitrogens with one attached hydrogen (secondary N) is 5. The molecule has 0 radical (unpaired) electrons. The van der Waals surface area contributed by atoms with Crippen molar-refractivity contribution in [1.82, 2.24) is 24.9 Å². The summed E-state index contributed by atoms with van der Waals surface area (Å²) in [6, 6.07) is 16.4. The summed E-state index contributed by atoms with van der Waals surface area (Å²) in [5.41, 5.74) is 6.19. The van der Waals surface area contributed by atoms with Crippen molar-refractivity contribution in [3.8, 4) is 0 Å². The second-order valence-corrected chi connectivity index (χ2v) is 28.5. The number of aromatic nitrogens is 5. The molecule has 13 nitrogen and oxygen atoms in total. The molecular weight excluding hydrogens is 1590 g/mol. The van der Waals surface area contributed by atoms with Gasteiger partial charge in [-0.05, 0) is 244 Å². The molecule has 8 heterocycles. The number of fused-ring (bicyclic) bond motifs is 5. The van der Waals surface area contributed by atoms with E-state index >= 15 is 0 Å². The molecule has 0 aliphatic carbocycles. The Bertz CT molecular complexity index is 4150. The number of H-pyrrole nitrogens is 5. The molecule has 10 aromatic rings. The molecule has 5 aromatic carbocycles. The van der Waals surface area contributed by atoms with Gasteiger partial charge < -0.3 is 82.4 Å². The summed E-state index contributed by atoms with van der Waals surface area (Å²) in [7, 11) is -1.51. The van der Waals surface area contributed by atoms with Crippen molar-refractivity contribution < 1.29 is 76.8 Å². The monoisotopic (exact) mass is 1680 g/mol. The molecule has 0 amide bonds. The largest absolute Gasteiger partial charge is 2.00 e. The average molecular weight is 1680 g/mol. The zero-order valence-corrected chi connectivity index (χ0v) is 64.2. The number of carbonyl (C=O) groups is 1. The van der Waals surface area contributed by atoms with E-state index in [-0.39, 0.29) is 129 Å². The molecule has 0 bridgehead atoms. The predicted octanol–water partition coefficient (Wildman–Crippen LogP) is 17.7. The smallest absolute Gasteiger partial charge is 1.00 e. The van der Waals surface area contributed by atoms with Gasteiger partial charge in [0.2, 0.25) is 0 Å². The Morgan fingerprint density at radius 2 is 0.804 bits per heavy atom. The maximum atomic E-state index is 14.0. The third kappa shape index (κ3) is 20.1. The molecule has 1 unspecified atom stereocenters. The zero-order valence-electron chi connectivity index (χ0n) is 54.8. The number of carbonyl (C=O) groups excluding carboxylic acids is 1. The van der Waals surface area contributed by atoms with Crippen molar-refractivity contribution in [3.05, 3.63) is 174 Å². The SMILES string of the molecule is C.C.C.C.CC(O)c1c[nH]c2c(Br)cc(F)cc12.CC1(C)OB(B2OC(C)(C)C(C)(C)O2)OC1(C)C.CCc1c[nH]c2c(B3OC(C)(C)C(C)(C)O3)cc(F)cc12.CCc1c[nH]c2c(Br)cc(F)cc12.Fc1cc(Br)c2[nH]ccc2c1.O=Cc1c[nH]c2c(Br)cc(F)cc12.[Br-].[CH3-].[Mg+2]. The fourth-order valence-corrected chi connectivity index (χ4v) is 12.3. The van der Waals surface area contributed by atoms with Crippen LogP contribution in [0.5, 0.6) is 0 Å². The van der Waals surface area contributed by atoms with Crippen LogP contribution in [0.1, 0.15) is 167 Å². The normalized spacial score (nSPS) is 16.4. The standard InChI is InChI=1S/C16H21BFNO2.C12H24B2O4.C10H9BrFNO.C10H9BrFN.C9H5BrFNO.C8H5BrFN.4CH4.CH3.BrH.Mg/c1-6-10-9-19-14-12(10)7-11(18)8-13(14)17-20-15(2,3)16(4,5)21-17;1-9(2)10(3,4)16-13(15-9)14-17-11(5,6)12(7,8)18-14;1-5(14)8-4-13-10-7(8)2-6(12)3-9(10)11;1-2-6-5-13-10-8(6)3-7(12)4-9(10)11;10-8-2-6(11)1-7-5(4-13)3-12-9(7)8;9-7-4-6(10)3-5-1-2-11-8(5)7;;;;;;;/h7-9,19H,6H2,1-5H3;1-8H3;2-5,13-14H,1H3;3-5,13H,2H2,1H3;1-4,12H;1-4,11H;4*1H4;1H3;1H;/q;;;;;;;;;;-1;;+2/p-1. The Labute approximate surface area is 630 Å². The number of aliphatic hydroxyl groups excluding tert-OH is 1. The summed E-state index contributed by atoms with van der Waals surface area (Å²) in [6.07, 6.45) is 10.8. The maximum absolute atomic E-state index is 14.0. The van der Waals surface area contributed by atoms with Crippen LogP contribution >= 0.6 is 63.7 Å². The van der Waals surface area contributed by atoms with Crippen LogP contribution in [0, 0.1) is 36.5 Å². The Morgan fingerprint density at radius 1 is 0.474 bits per heavy atom. The topological polar surface area (TPSA) is 172 Å². The van der Waals surface area contributed by atoms with E-state index in [9.17, 15) is 31.9 Å². The van der Waals surface area contributed by atoms with Crippen LogP contribution in [-0.4, -0.2) is 114 Å². The maximum Gasteiger partial charge on any atom is 2.00 e. The number of aryl methyl sites for hydroxylation is 2. The minimum Gasteiger partial charge on any atom is -1.00 e. The first-order valence-electron chi connectivity index (χ1n) is 29.2. The summed E-state index contributed by atoms with van der Waals surface area (Å²) in [5, 5.41) is 13.5. The van der Waals surface area contributed by atoms with Gasteiger partial charge in [-0.15, -0.1) is 0 Å². The predicted molar refractivity (Wildman–Crippen MR) is 404 cm³/mol. The Morgan fingerprint density at radius 3 is 1.23 bits per heavy atom. The summed E-state index contributed by atoms with van der Waals surface area (Å²) in [6.45, 7) is 30.0. The number of hydrogen-bond acceptors (Lipinski definition) is 8. The van der Waals surface area contributed by atoms with Gasteiger partial charge in [0.25, 0.3) is 0 Å². The second-order valence-electron chi connectivity index (χ2n) is 25.1. The molecule has 6 N–H and O–H groups in total. The minimum absolute atomic E-state index is 0. The van der Waals surface area contributed by atoms with Crippen molar-refractivity contribution in [2.75, 3.05) is 0 Å². The molecule has 0 spiro atoms. The van der Waals surface area contributed by atoms with E-state index in [1.165, 1.54) is 48.5 Å². The quantitative estimate of drug-likeness (QED) is 0.0413. The first-order chi connectivity index (χ1) is 41.9. The van der Waals surface area contributed by atoms with Crippen LogP contribution < -0.4 is 22.4 Å². The van der Waals surface area contributed by atoms with Gasteiger partial charge in [0, 0.05) is 97.9 Å².